The van der Waals surface area contributed by atoms with Crippen molar-refractivity contribution in [2.45, 2.75) is 5.92 Å². The minimum atomic E-state index is -0.0739. The summed E-state index contributed by atoms with van der Waals surface area (Å²) in [7, 11) is 1.54. The molecule has 1 amide bonds. The van der Waals surface area contributed by atoms with E-state index < -0.39 is 0 Å². The van der Waals surface area contributed by atoms with Crippen molar-refractivity contribution in [2.75, 3.05) is 26.8 Å². The second-order valence-corrected chi connectivity index (χ2v) is 5.63. The fourth-order valence-corrected chi connectivity index (χ4v) is 3.02. The molecule has 0 unspecified atom stereocenters. The maximum atomic E-state index is 12.6. The van der Waals surface area contributed by atoms with Crippen LogP contribution in [0.15, 0.2) is 42.9 Å². The van der Waals surface area contributed by atoms with Gasteiger partial charge in [0.25, 0.3) is 5.91 Å². The summed E-state index contributed by atoms with van der Waals surface area (Å²) in [6, 6.07) is 7.27. The van der Waals surface area contributed by atoms with Crippen molar-refractivity contribution in [3.05, 3.63) is 54.0 Å². The molecule has 0 radical (unpaired) electrons. The van der Waals surface area contributed by atoms with Crippen LogP contribution in [-0.2, 0) is 0 Å². The van der Waals surface area contributed by atoms with Crippen LogP contribution < -0.4 is 4.74 Å². The molecule has 3 heterocycles. The number of likely N-dealkylation sites (tertiary alicyclic amines) is 1. The predicted molar refractivity (Wildman–Crippen MR) is 84.2 cm³/mol. The van der Waals surface area contributed by atoms with Crippen LogP contribution in [0.2, 0.25) is 0 Å². The molecule has 0 bridgehead atoms. The predicted octanol–water partition coefficient (Wildman–Crippen LogP) is 1.33. The fourth-order valence-electron chi connectivity index (χ4n) is 3.02. The Hall–Kier alpha value is -2.47. The largest absolute Gasteiger partial charge is 0.481 e. The van der Waals surface area contributed by atoms with E-state index in [1.165, 1.54) is 13.3 Å². The Labute approximate surface area is 134 Å². The summed E-state index contributed by atoms with van der Waals surface area (Å²) in [5.41, 5.74) is 1.63. The molecule has 1 saturated heterocycles. The number of hydrogen-bond acceptors (Lipinski definition) is 5. The molecule has 1 aliphatic heterocycles. The summed E-state index contributed by atoms with van der Waals surface area (Å²) in [5.74, 6) is 0.562. The maximum absolute atomic E-state index is 12.6. The van der Waals surface area contributed by atoms with E-state index in [1.807, 2.05) is 12.1 Å². The van der Waals surface area contributed by atoms with Gasteiger partial charge in [0.1, 0.15) is 0 Å². The van der Waals surface area contributed by atoms with E-state index in [2.05, 4.69) is 9.97 Å². The number of hydrogen-bond donors (Lipinski definition) is 1. The molecule has 23 heavy (non-hydrogen) atoms. The van der Waals surface area contributed by atoms with Gasteiger partial charge in [-0.05, 0) is 23.8 Å². The Morgan fingerprint density at radius 2 is 2.09 bits per heavy atom. The third-order valence-corrected chi connectivity index (χ3v) is 4.29. The zero-order valence-corrected chi connectivity index (χ0v) is 12.9. The summed E-state index contributed by atoms with van der Waals surface area (Å²) in [4.78, 5) is 22.5. The van der Waals surface area contributed by atoms with E-state index in [9.17, 15) is 9.90 Å². The van der Waals surface area contributed by atoms with Crippen LogP contribution in [0, 0.1) is 5.92 Å². The van der Waals surface area contributed by atoms with Crippen LogP contribution in [0.25, 0.3) is 0 Å². The molecule has 3 rings (SSSR count). The van der Waals surface area contributed by atoms with E-state index in [0.717, 1.165) is 5.56 Å². The lowest BCUT2D eigenvalue weighted by Crippen LogP contribution is -2.29. The summed E-state index contributed by atoms with van der Waals surface area (Å²) in [6.07, 6.45) is 5.00. The van der Waals surface area contributed by atoms with Crippen molar-refractivity contribution in [3.63, 3.8) is 0 Å². The van der Waals surface area contributed by atoms with E-state index >= 15 is 0 Å². The number of aromatic nitrogens is 2. The van der Waals surface area contributed by atoms with Crippen LogP contribution in [0.4, 0.5) is 0 Å². The summed E-state index contributed by atoms with van der Waals surface area (Å²) >= 11 is 0. The molecular formula is C17H19N3O3. The number of nitrogens with zero attached hydrogens (tertiary/aromatic N) is 3. The lowest BCUT2D eigenvalue weighted by molar-refractivity contribution is 0.0781. The van der Waals surface area contributed by atoms with E-state index in [4.69, 9.17) is 4.74 Å². The Balaban J connectivity index is 1.77. The molecule has 0 aliphatic carbocycles. The monoisotopic (exact) mass is 313 g/mol. The maximum Gasteiger partial charge on any atom is 0.255 e. The first-order chi connectivity index (χ1) is 11.2. The molecule has 1 aliphatic rings. The number of amides is 1. The minimum Gasteiger partial charge on any atom is -0.481 e. The van der Waals surface area contributed by atoms with Crippen molar-refractivity contribution in [1.29, 1.82) is 0 Å². The fraction of sp³-hybridized carbons (Fsp3) is 0.353. The van der Waals surface area contributed by atoms with Gasteiger partial charge in [-0.15, -0.1) is 0 Å². The summed E-state index contributed by atoms with van der Waals surface area (Å²) < 4.78 is 5.01. The zero-order valence-electron chi connectivity index (χ0n) is 12.9. The van der Waals surface area contributed by atoms with Gasteiger partial charge in [-0.3, -0.25) is 9.78 Å². The minimum absolute atomic E-state index is 0.0348. The van der Waals surface area contributed by atoms with Gasteiger partial charge in [0.15, 0.2) is 0 Å². The topological polar surface area (TPSA) is 75.5 Å². The second-order valence-electron chi connectivity index (χ2n) is 5.63. The molecule has 1 N–H and O–H groups in total. The average molecular weight is 313 g/mol. The Morgan fingerprint density at radius 3 is 2.70 bits per heavy atom. The smallest absolute Gasteiger partial charge is 0.255 e. The first kappa shape index (κ1) is 15.4. The summed E-state index contributed by atoms with van der Waals surface area (Å²) in [5, 5.41) is 9.65. The SMILES string of the molecule is COc1ccc(C(=O)N2C[C@@H](CO)[C@H](c3ccncc3)C2)cn1. The number of pyridine rings is 2. The van der Waals surface area contributed by atoms with Gasteiger partial charge in [0.05, 0.1) is 12.7 Å². The molecule has 6 heteroatoms. The second kappa shape index (κ2) is 6.75. The molecule has 2 aromatic rings. The number of carbonyl (C=O) groups is 1. The third-order valence-electron chi connectivity index (χ3n) is 4.29. The quantitative estimate of drug-likeness (QED) is 0.922. The molecule has 6 nitrogen and oxygen atoms in total. The number of methoxy groups -OCH3 is 1. The third kappa shape index (κ3) is 3.17. The number of carbonyl (C=O) groups excluding carboxylic acids is 1. The van der Waals surface area contributed by atoms with Crippen molar-refractivity contribution in [2.24, 2.45) is 5.92 Å². The zero-order chi connectivity index (χ0) is 16.2. The van der Waals surface area contributed by atoms with Gasteiger partial charge < -0.3 is 14.7 Å². The van der Waals surface area contributed by atoms with E-state index in [1.54, 1.807) is 29.4 Å². The first-order valence-electron chi connectivity index (χ1n) is 7.53. The van der Waals surface area contributed by atoms with Gasteiger partial charge in [-0.25, -0.2) is 4.98 Å². The summed E-state index contributed by atoms with van der Waals surface area (Å²) in [6.45, 7) is 1.17. The normalized spacial score (nSPS) is 20.5. The van der Waals surface area contributed by atoms with Crippen LogP contribution >= 0.6 is 0 Å². The molecule has 2 atom stereocenters. The van der Waals surface area contributed by atoms with Gasteiger partial charge in [0.2, 0.25) is 5.88 Å². The Morgan fingerprint density at radius 1 is 1.30 bits per heavy atom. The highest BCUT2D eigenvalue weighted by molar-refractivity contribution is 5.94. The number of rotatable bonds is 4. The van der Waals surface area contributed by atoms with Gasteiger partial charge in [0, 0.05) is 56.2 Å². The molecular weight excluding hydrogens is 294 g/mol. The molecule has 0 saturated carbocycles. The van der Waals surface area contributed by atoms with Gasteiger partial charge in [-0.2, -0.15) is 0 Å². The number of ether oxygens (including phenoxy) is 1. The highest BCUT2D eigenvalue weighted by atomic mass is 16.5. The first-order valence-corrected chi connectivity index (χ1v) is 7.53. The molecule has 2 aromatic heterocycles. The van der Waals surface area contributed by atoms with Crippen LogP contribution in [0.1, 0.15) is 21.8 Å². The van der Waals surface area contributed by atoms with Crippen LogP contribution in [0.5, 0.6) is 5.88 Å². The lowest BCUT2D eigenvalue weighted by Gasteiger charge is -2.16. The van der Waals surface area contributed by atoms with Gasteiger partial charge in [-0.1, -0.05) is 0 Å². The highest BCUT2D eigenvalue weighted by Gasteiger charge is 2.36. The molecule has 1 fully saturated rings. The Bertz CT molecular complexity index is 661. The van der Waals surface area contributed by atoms with Crippen molar-refractivity contribution in [1.82, 2.24) is 14.9 Å². The van der Waals surface area contributed by atoms with E-state index in [-0.39, 0.29) is 24.3 Å². The standard InChI is InChI=1S/C17H19N3O3/c1-23-16-3-2-13(8-19-16)17(22)20-9-14(11-21)15(10-20)12-4-6-18-7-5-12/h2-8,14-15,21H,9-11H2,1H3/t14-,15-/m0/s1. The number of aliphatic hydroxyl groups excluding tert-OH is 1. The van der Waals surface area contributed by atoms with Crippen molar-refractivity contribution < 1.29 is 14.6 Å². The van der Waals surface area contributed by atoms with Crippen molar-refractivity contribution in [3.8, 4) is 5.88 Å². The number of aliphatic hydroxyl groups is 1. The Kier molecular flexibility index (Phi) is 4.52. The van der Waals surface area contributed by atoms with Crippen LogP contribution in [0.3, 0.4) is 0 Å². The molecule has 0 aromatic carbocycles. The molecule has 120 valence electrons. The average Bonchev–Trinajstić information content (AvgIpc) is 3.06. The molecule has 0 spiro atoms. The lowest BCUT2D eigenvalue weighted by atomic mass is 9.90. The highest BCUT2D eigenvalue weighted by Crippen LogP contribution is 2.32. The van der Waals surface area contributed by atoms with Crippen LogP contribution in [-0.4, -0.2) is 52.7 Å². The van der Waals surface area contributed by atoms with E-state index in [0.29, 0.717) is 24.5 Å². The van der Waals surface area contributed by atoms with Crippen molar-refractivity contribution >= 4 is 5.91 Å². The van der Waals surface area contributed by atoms with Gasteiger partial charge >= 0.3 is 0 Å².